The lowest BCUT2D eigenvalue weighted by Crippen LogP contribution is -2.54. The second-order valence-corrected chi connectivity index (χ2v) is 7.93. The van der Waals surface area contributed by atoms with Crippen molar-refractivity contribution < 1.29 is 19.1 Å². The summed E-state index contributed by atoms with van der Waals surface area (Å²) in [7, 11) is 0. The zero-order valence-corrected chi connectivity index (χ0v) is 16.3. The van der Waals surface area contributed by atoms with Crippen LogP contribution in [0.2, 0.25) is 0 Å². The number of hydrogen-bond donors (Lipinski definition) is 2. The fourth-order valence-electron chi connectivity index (χ4n) is 2.87. The first-order valence-electron chi connectivity index (χ1n) is 8.49. The number of carbonyl (C=O) groups excluding carboxylic acids is 1. The van der Waals surface area contributed by atoms with E-state index in [1.54, 1.807) is 26.8 Å². The Kier molecular flexibility index (Phi) is 6.17. The lowest BCUT2D eigenvalue weighted by atomic mass is 10.00. The molecule has 0 aliphatic carbocycles. The van der Waals surface area contributed by atoms with Gasteiger partial charge in [-0.3, -0.25) is 9.69 Å². The molecular weight excluding hydrogens is 357 g/mol. The van der Waals surface area contributed by atoms with Gasteiger partial charge in [-0.1, -0.05) is 13.8 Å². The minimum absolute atomic E-state index is 0.190. The normalized spacial score (nSPS) is 13.8. The second-order valence-electron chi connectivity index (χ2n) is 6.87. The molecule has 142 valence electrons. The molecule has 0 aliphatic heterocycles. The lowest BCUT2D eigenvalue weighted by Gasteiger charge is -2.34. The quantitative estimate of drug-likeness (QED) is 0.791. The van der Waals surface area contributed by atoms with Crippen molar-refractivity contribution in [1.82, 2.24) is 15.2 Å². The van der Waals surface area contributed by atoms with Gasteiger partial charge in [-0.05, 0) is 44.9 Å². The van der Waals surface area contributed by atoms with Crippen LogP contribution in [0.1, 0.15) is 45.7 Å². The molecule has 0 saturated heterocycles. The summed E-state index contributed by atoms with van der Waals surface area (Å²) >= 11 is 1.31. The molecule has 2 amide bonds. The molecule has 2 atom stereocenters. The van der Waals surface area contributed by atoms with Gasteiger partial charge in [0.1, 0.15) is 16.9 Å². The highest BCUT2D eigenvalue weighted by Crippen LogP contribution is 2.27. The van der Waals surface area contributed by atoms with Crippen LogP contribution in [0.5, 0.6) is 0 Å². The van der Waals surface area contributed by atoms with Crippen LogP contribution in [0.3, 0.4) is 0 Å². The van der Waals surface area contributed by atoms with Crippen molar-refractivity contribution in [3.8, 4) is 0 Å². The Morgan fingerprint density at radius 1 is 1.23 bits per heavy atom. The molecule has 1 aromatic carbocycles. The summed E-state index contributed by atoms with van der Waals surface area (Å²) in [6, 6.07) is 2.81. The molecule has 6 nitrogen and oxygen atoms in total. The van der Waals surface area contributed by atoms with Crippen LogP contribution >= 0.6 is 11.3 Å². The van der Waals surface area contributed by atoms with Crippen LogP contribution in [-0.4, -0.2) is 39.1 Å². The first-order chi connectivity index (χ1) is 12.1. The van der Waals surface area contributed by atoms with Crippen molar-refractivity contribution in [3.05, 3.63) is 29.0 Å². The molecule has 0 bridgehead atoms. The number of thiazole rings is 1. The molecular formula is C18H24FN3O3S. The van der Waals surface area contributed by atoms with Gasteiger partial charge >= 0.3 is 6.09 Å². The highest BCUT2D eigenvalue weighted by atomic mass is 32.1. The molecule has 2 unspecified atom stereocenters. The summed E-state index contributed by atoms with van der Waals surface area (Å²) in [6.45, 7) is 8.88. The lowest BCUT2D eigenvalue weighted by molar-refractivity contribution is -0.128. The van der Waals surface area contributed by atoms with Crippen LogP contribution < -0.4 is 5.32 Å². The average Bonchev–Trinajstić information content (AvgIpc) is 2.94. The molecule has 1 heterocycles. The molecule has 0 spiro atoms. The number of nitrogens with zero attached hydrogens (tertiary/aromatic N) is 2. The number of rotatable bonds is 6. The number of carboxylic acid groups (broad SMARTS) is 1. The van der Waals surface area contributed by atoms with E-state index in [-0.39, 0.29) is 23.7 Å². The zero-order valence-electron chi connectivity index (χ0n) is 15.5. The third-order valence-electron chi connectivity index (χ3n) is 4.07. The van der Waals surface area contributed by atoms with E-state index in [4.69, 9.17) is 0 Å². The van der Waals surface area contributed by atoms with Gasteiger partial charge in [0.15, 0.2) is 0 Å². The van der Waals surface area contributed by atoms with E-state index < -0.39 is 18.2 Å². The molecule has 1 aromatic heterocycles. The summed E-state index contributed by atoms with van der Waals surface area (Å²) in [5, 5.41) is 13.0. The molecule has 0 saturated carbocycles. The number of hydrogen-bond acceptors (Lipinski definition) is 4. The van der Waals surface area contributed by atoms with Gasteiger partial charge in [-0.2, -0.15) is 0 Å². The Hall–Kier alpha value is -2.22. The molecule has 26 heavy (non-hydrogen) atoms. The Bertz CT molecular complexity index is 806. The van der Waals surface area contributed by atoms with E-state index in [1.165, 1.54) is 28.4 Å². The fourth-order valence-corrected chi connectivity index (χ4v) is 3.87. The summed E-state index contributed by atoms with van der Waals surface area (Å²) in [5.41, 5.74) is 0.669. The maximum atomic E-state index is 13.3. The van der Waals surface area contributed by atoms with Crippen molar-refractivity contribution in [2.24, 2.45) is 5.92 Å². The van der Waals surface area contributed by atoms with E-state index in [1.807, 2.05) is 13.8 Å². The van der Waals surface area contributed by atoms with E-state index >= 15 is 0 Å². The van der Waals surface area contributed by atoms with Crippen LogP contribution in [0.4, 0.5) is 9.18 Å². The Labute approximate surface area is 156 Å². The minimum atomic E-state index is -1.13. The van der Waals surface area contributed by atoms with E-state index in [2.05, 4.69) is 10.3 Å². The Balaban J connectivity index is 2.22. The summed E-state index contributed by atoms with van der Waals surface area (Å²) in [4.78, 5) is 30.0. The van der Waals surface area contributed by atoms with Gasteiger partial charge in [0.25, 0.3) is 0 Å². The number of amides is 2. The largest absolute Gasteiger partial charge is 0.465 e. The monoisotopic (exact) mass is 381 g/mol. The topological polar surface area (TPSA) is 82.5 Å². The number of carbonyl (C=O) groups is 2. The standard InChI is InChI=1S/C18H24FN3O3S/c1-9(2)15(22(10(3)4)18(24)25)16(23)20-11(5)17-21-13-7-6-12(19)8-14(13)26-17/h6-11,15H,1-5H3,(H,20,23)(H,24,25). The molecule has 2 N–H and O–H groups in total. The smallest absolute Gasteiger partial charge is 0.408 e. The minimum Gasteiger partial charge on any atom is -0.465 e. The van der Waals surface area contributed by atoms with Gasteiger partial charge in [0, 0.05) is 6.04 Å². The average molecular weight is 381 g/mol. The van der Waals surface area contributed by atoms with Gasteiger partial charge in [0.2, 0.25) is 5.91 Å². The van der Waals surface area contributed by atoms with E-state index in [0.29, 0.717) is 15.2 Å². The first-order valence-corrected chi connectivity index (χ1v) is 9.31. The van der Waals surface area contributed by atoms with Crippen LogP contribution in [0, 0.1) is 11.7 Å². The summed E-state index contributed by atoms with van der Waals surface area (Å²) in [5.74, 6) is -0.891. The summed E-state index contributed by atoms with van der Waals surface area (Å²) < 4.78 is 14.0. The number of halogens is 1. The van der Waals surface area contributed by atoms with Crippen LogP contribution in [-0.2, 0) is 4.79 Å². The van der Waals surface area contributed by atoms with Crippen LogP contribution in [0.15, 0.2) is 18.2 Å². The van der Waals surface area contributed by atoms with Gasteiger partial charge in [-0.25, -0.2) is 14.2 Å². The highest BCUT2D eigenvalue weighted by Gasteiger charge is 2.35. The molecule has 2 aromatic rings. The molecule has 0 radical (unpaired) electrons. The van der Waals surface area contributed by atoms with Crippen molar-refractivity contribution in [2.45, 2.75) is 52.7 Å². The van der Waals surface area contributed by atoms with Crippen molar-refractivity contribution >= 4 is 33.6 Å². The maximum absolute atomic E-state index is 13.3. The Morgan fingerprint density at radius 2 is 1.88 bits per heavy atom. The van der Waals surface area contributed by atoms with Crippen molar-refractivity contribution in [3.63, 3.8) is 0 Å². The third kappa shape index (κ3) is 4.30. The van der Waals surface area contributed by atoms with Gasteiger partial charge in [-0.15, -0.1) is 11.3 Å². The van der Waals surface area contributed by atoms with Crippen molar-refractivity contribution in [2.75, 3.05) is 0 Å². The van der Waals surface area contributed by atoms with Crippen molar-refractivity contribution in [1.29, 1.82) is 0 Å². The maximum Gasteiger partial charge on any atom is 0.408 e. The predicted octanol–water partition coefficient (Wildman–Crippen LogP) is 4.03. The summed E-state index contributed by atoms with van der Waals surface area (Å²) in [6.07, 6.45) is -1.13. The number of benzene rings is 1. The fraction of sp³-hybridized carbons (Fsp3) is 0.500. The number of nitrogens with one attached hydrogen (secondary N) is 1. The number of aromatic nitrogens is 1. The Morgan fingerprint density at radius 3 is 2.42 bits per heavy atom. The highest BCUT2D eigenvalue weighted by molar-refractivity contribution is 7.18. The zero-order chi connectivity index (χ0) is 19.6. The molecule has 0 fully saturated rings. The predicted molar refractivity (Wildman–Crippen MR) is 99.8 cm³/mol. The van der Waals surface area contributed by atoms with E-state index in [0.717, 1.165) is 0 Å². The molecule has 0 aliphatic rings. The second kappa shape index (κ2) is 7.99. The third-order valence-corrected chi connectivity index (χ3v) is 5.27. The number of fused-ring (bicyclic) bond motifs is 1. The molecule has 2 rings (SSSR count). The van der Waals surface area contributed by atoms with Gasteiger partial charge < -0.3 is 10.4 Å². The van der Waals surface area contributed by atoms with Crippen LogP contribution in [0.25, 0.3) is 10.2 Å². The first kappa shape index (κ1) is 20.1. The van der Waals surface area contributed by atoms with E-state index in [9.17, 15) is 19.1 Å². The SMILES string of the molecule is CC(NC(=O)C(C(C)C)N(C(=O)O)C(C)C)c1nc2ccc(F)cc2s1. The molecule has 8 heteroatoms. The van der Waals surface area contributed by atoms with Gasteiger partial charge in [0.05, 0.1) is 16.3 Å².